The first-order valence-corrected chi connectivity index (χ1v) is 3.56. The Morgan fingerprint density at radius 1 is 1.20 bits per heavy atom. The van der Waals surface area contributed by atoms with E-state index in [9.17, 15) is 0 Å². The van der Waals surface area contributed by atoms with Gasteiger partial charge in [0.05, 0.1) is 0 Å². The predicted molar refractivity (Wildman–Crippen MR) is 32.3 cm³/mol. The van der Waals surface area contributed by atoms with Crippen molar-refractivity contribution in [2.24, 2.45) is 0 Å². The standard InChI is InChI=1S/C7H8O2.Ti/c8-9-6-7-4-2-1-3-5-7;/h1-5,8H,6H2;/q;+1/p-1. The second-order valence-electron chi connectivity index (χ2n) is 1.83. The Morgan fingerprint density at radius 2 is 1.90 bits per heavy atom. The third-order valence-corrected chi connectivity index (χ3v) is 1.31. The number of hydrogen-bond donors (Lipinski definition) is 0. The molecule has 1 aromatic carbocycles. The van der Waals surface area contributed by atoms with Crippen LogP contribution in [0.3, 0.4) is 0 Å². The molecule has 0 saturated heterocycles. The Balaban J connectivity index is 2.43. The zero-order valence-corrected chi connectivity index (χ0v) is 6.97. The van der Waals surface area contributed by atoms with Crippen LogP contribution in [-0.2, 0) is 35.8 Å². The van der Waals surface area contributed by atoms with Gasteiger partial charge in [-0.1, -0.05) is 0 Å². The summed E-state index contributed by atoms with van der Waals surface area (Å²) in [7, 11) is 0. The monoisotopic (exact) mass is 171 g/mol. The molecule has 0 aliphatic carbocycles. The molecule has 0 bridgehead atoms. The summed E-state index contributed by atoms with van der Waals surface area (Å²) in [6, 6.07) is 9.87. The molecule has 3 heteroatoms. The van der Waals surface area contributed by atoms with Crippen molar-refractivity contribution >= 4 is 0 Å². The van der Waals surface area contributed by atoms with Crippen molar-refractivity contribution in [2.45, 2.75) is 6.61 Å². The summed E-state index contributed by atoms with van der Waals surface area (Å²) < 4.78 is 4.45. The van der Waals surface area contributed by atoms with Gasteiger partial charge in [0.1, 0.15) is 0 Å². The van der Waals surface area contributed by atoms with Crippen LogP contribution in [0.4, 0.5) is 0 Å². The zero-order chi connectivity index (χ0) is 7.23. The Morgan fingerprint density at radius 3 is 2.50 bits per heavy atom. The third-order valence-electron chi connectivity index (χ3n) is 1.13. The van der Waals surface area contributed by atoms with Crippen LogP contribution in [0.5, 0.6) is 0 Å². The van der Waals surface area contributed by atoms with Crippen molar-refractivity contribution in [1.82, 2.24) is 0 Å². The summed E-state index contributed by atoms with van der Waals surface area (Å²) >= 11 is 1.50. The van der Waals surface area contributed by atoms with Crippen molar-refractivity contribution in [3.63, 3.8) is 0 Å². The van der Waals surface area contributed by atoms with Crippen LogP contribution in [0.25, 0.3) is 0 Å². The number of benzene rings is 1. The molecular formula is C7H7O2Ti. The Hall–Kier alpha value is -0.146. The molecule has 2 nitrogen and oxygen atoms in total. The fraction of sp³-hybridized carbons (Fsp3) is 0.143. The van der Waals surface area contributed by atoms with Gasteiger partial charge < -0.3 is 0 Å². The molecule has 1 rings (SSSR count). The molecule has 0 saturated carbocycles. The van der Waals surface area contributed by atoms with Gasteiger partial charge in [0, 0.05) is 0 Å². The van der Waals surface area contributed by atoms with Crippen molar-refractivity contribution < 1.29 is 29.2 Å². The van der Waals surface area contributed by atoms with E-state index in [1.165, 1.54) is 20.8 Å². The molecule has 0 amide bonds. The number of hydrogen-bond acceptors (Lipinski definition) is 2. The van der Waals surface area contributed by atoms with Gasteiger partial charge in [0.2, 0.25) is 0 Å². The SMILES string of the molecule is [Ti][O]OCc1ccccc1. The molecule has 0 spiro atoms. The molecule has 0 fully saturated rings. The second-order valence-corrected chi connectivity index (χ2v) is 2.09. The van der Waals surface area contributed by atoms with Crippen LogP contribution >= 0.6 is 0 Å². The summed E-state index contributed by atoms with van der Waals surface area (Å²) in [6.45, 7) is 0.511. The van der Waals surface area contributed by atoms with E-state index in [2.05, 4.69) is 3.47 Å². The molecule has 51 valence electrons. The summed E-state index contributed by atoms with van der Waals surface area (Å²) in [6.07, 6.45) is 0. The van der Waals surface area contributed by atoms with E-state index in [4.69, 9.17) is 4.89 Å². The van der Waals surface area contributed by atoms with Crippen LogP contribution < -0.4 is 0 Å². The third kappa shape index (κ3) is 2.63. The Labute approximate surface area is 72.0 Å². The van der Waals surface area contributed by atoms with Crippen LogP contribution in [-0.4, -0.2) is 0 Å². The normalized spacial score (nSPS) is 9.50. The van der Waals surface area contributed by atoms with Gasteiger partial charge in [-0.05, 0) is 0 Å². The maximum atomic E-state index is 4.72. The van der Waals surface area contributed by atoms with Crippen molar-refractivity contribution in [1.29, 1.82) is 0 Å². The molecule has 0 aromatic heterocycles. The van der Waals surface area contributed by atoms with Crippen LogP contribution in [0, 0.1) is 0 Å². The summed E-state index contributed by atoms with van der Waals surface area (Å²) in [5.41, 5.74) is 1.12. The van der Waals surface area contributed by atoms with Gasteiger partial charge >= 0.3 is 71.7 Å². The first kappa shape index (κ1) is 7.96. The molecule has 0 radical (unpaired) electrons. The fourth-order valence-electron chi connectivity index (χ4n) is 0.672. The van der Waals surface area contributed by atoms with E-state index in [1.54, 1.807) is 0 Å². The Bertz CT molecular complexity index is 176. The second kappa shape index (κ2) is 4.64. The predicted octanol–water partition coefficient (Wildman–Crippen LogP) is 1.60. The van der Waals surface area contributed by atoms with Crippen molar-refractivity contribution in [2.75, 3.05) is 0 Å². The molecule has 0 atom stereocenters. The molecule has 1 aromatic rings. The topological polar surface area (TPSA) is 18.5 Å². The van der Waals surface area contributed by atoms with E-state index in [1.807, 2.05) is 30.3 Å². The van der Waals surface area contributed by atoms with Crippen LogP contribution in [0.1, 0.15) is 5.56 Å². The van der Waals surface area contributed by atoms with Gasteiger partial charge in [-0.25, -0.2) is 0 Å². The minimum atomic E-state index is 0.511. The maximum absolute atomic E-state index is 4.72. The number of rotatable bonds is 3. The summed E-state index contributed by atoms with van der Waals surface area (Å²) in [5.74, 6) is 0. The minimum absolute atomic E-state index is 0.511. The van der Waals surface area contributed by atoms with E-state index < -0.39 is 0 Å². The van der Waals surface area contributed by atoms with Gasteiger partial charge in [0.15, 0.2) is 0 Å². The molecule has 0 aliphatic rings. The van der Waals surface area contributed by atoms with Gasteiger partial charge in [-0.2, -0.15) is 0 Å². The average Bonchev–Trinajstić information content (AvgIpc) is 2.03. The van der Waals surface area contributed by atoms with Gasteiger partial charge in [-0.3, -0.25) is 0 Å². The first-order valence-electron chi connectivity index (χ1n) is 2.92. The van der Waals surface area contributed by atoms with Gasteiger partial charge in [0.25, 0.3) is 0 Å². The van der Waals surface area contributed by atoms with E-state index in [0.717, 1.165) is 5.56 Å². The molecule has 0 unspecified atom stereocenters. The quantitative estimate of drug-likeness (QED) is 0.390. The van der Waals surface area contributed by atoms with Crippen molar-refractivity contribution in [3.8, 4) is 0 Å². The summed E-state index contributed by atoms with van der Waals surface area (Å²) in [4.78, 5) is 4.72. The fourth-order valence-corrected chi connectivity index (χ4v) is 0.764. The van der Waals surface area contributed by atoms with Crippen molar-refractivity contribution in [3.05, 3.63) is 35.9 Å². The van der Waals surface area contributed by atoms with Crippen LogP contribution in [0.2, 0.25) is 0 Å². The Kier molecular flexibility index (Phi) is 3.69. The zero-order valence-electron chi connectivity index (χ0n) is 5.41. The molecule has 0 aliphatic heterocycles. The van der Waals surface area contributed by atoms with E-state index in [-0.39, 0.29) is 0 Å². The molecular weight excluding hydrogens is 164 g/mol. The van der Waals surface area contributed by atoms with Crippen LogP contribution in [0.15, 0.2) is 30.3 Å². The molecule has 0 N–H and O–H groups in total. The average molecular weight is 171 g/mol. The van der Waals surface area contributed by atoms with E-state index >= 15 is 0 Å². The van der Waals surface area contributed by atoms with E-state index in [0.29, 0.717) is 6.61 Å². The molecule has 0 heterocycles. The molecule has 10 heavy (non-hydrogen) atoms. The first-order chi connectivity index (χ1) is 4.93. The van der Waals surface area contributed by atoms with Gasteiger partial charge in [-0.15, -0.1) is 0 Å². The summed E-state index contributed by atoms with van der Waals surface area (Å²) in [5, 5.41) is 0.